The second kappa shape index (κ2) is 17.7. The zero-order chi connectivity index (χ0) is 43.7. The Morgan fingerprint density at radius 3 is 2.48 bits per heavy atom. The summed E-state index contributed by atoms with van der Waals surface area (Å²) in [5.74, 6) is 3.19. The van der Waals surface area contributed by atoms with Crippen LogP contribution in [0.1, 0.15) is 62.6 Å². The van der Waals surface area contributed by atoms with Gasteiger partial charge in [0, 0.05) is 55.0 Å². The van der Waals surface area contributed by atoms with Crippen LogP contribution in [-0.2, 0) is 16.0 Å². The zero-order valence-electron chi connectivity index (χ0n) is 35.8. The number of benzene rings is 2. The number of amides is 3. The summed E-state index contributed by atoms with van der Waals surface area (Å²) in [4.78, 5) is 60.7. The maximum atomic E-state index is 14.4. The second-order valence-corrected chi connectivity index (χ2v) is 16.9. The average Bonchev–Trinajstić information content (AvgIpc) is 3.89. The Hall–Kier alpha value is -6.91. The predicted molar refractivity (Wildman–Crippen MR) is 233 cm³/mol. The number of hydrazone groups is 1. The lowest BCUT2D eigenvalue weighted by Gasteiger charge is -2.43. The number of pyridine rings is 1. The number of H-pyrrole nitrogens is 1. The highest BCUT2D eigenvalue weighted by Crippen LogP contribution is 2.49. The number of hydrogen-bond donors (Lipinski definition) is 2. The maximum Gasteiger partial charge on any atom is 0.413 e. The molecule has 17 heteroatoms. The Morgan fingerprint density at radius 2 is 1.70 bits per heavy atom. The number of carbonyl (C=O) groups excluding carboxylic acids is 3. The molecule has 6 heterocycles. The van der Waals surface area contributed by atoms with E-state index in [0.29, 0.717) is 95.2 Å². The van der Waals surface area contributed by atoms with E-state index in [0.717, 1.165) is 49.8 Å². The van der Waals surface area contributed by atoms with Crippen molar-refractivity contribution >= 4 is 34.7 Å². The van der Waals surface area contributed by atoms with Gasteiger partial charge in [0.05, 0.1) is 43.7 Å². The molecule has 3 atom stereocenters. The Labute approximate surface area is 369 Å². The summed E-state index contributed by atoms with van der Waals surface area (Å²) in [7, 11) is 3.21. The van der Waals surface area contributed by atoms with Crippen LogP contribution in [0.5, 0.6) is 34.5 Å². The van der Waals surface area contributed by atoms with Gasteiger partial charge >= 0.3 is 6.09 Å². The van der Waals surface area contributed by atoms with E-state index in [1.54, 1.807) is 36.4 Å². The lowest BCUT2D eigenvalue weighted by atomic mass is 9.73. The van der Waals surface area contributed by atoms with Gasteiger partial charge in [0.2, 0.25) is 18.6 Å². The molecule has 5 aromatic rings. The number of nitrogens with zero attached hydrogens (tertiary/aromatic N) is 6. The SMILES string of the molecule is COc1ccc(C2=NN(C3CCN(C(=O)[C@H](Cc4ccccn4)NC(=O)Oc4c[nH]c5c(-c6c(OCC7CC7)ccc7c6OCO7)ncnc45)CC3)C(=O)[C@@H]3CCCC[C@H]23)cc1OC. The fourth-order valence-electron chi connectivity index (χ4n) is 9.42. The molecule has 0 radical (unpaired) electrons. The van der Waals surface area contributed by atoms with Crippen molar-refractivity contribution in [2.24, 2.45) is 22.9 Å². The molecule has 0 spiro atoms. The Balaban J connectivity index is 0.857. The summed E-state index contributed by atoms with van der Waals surface area (Å²) in [6.07, 6.45) is 10.9. The van der Waals surface area contributed by atoms with Gasteiger partial charge in [-0.15, -0.1) is 0 Å². The highest BCUT2D eigenvalue weighted by molar-refractivity contribution is 6.07. The second-order valence-electron chi connectivity index (χ2n) is 16.9. The molecule has 0 unspecified atom stereocenters. The van der Waals surface area contributed by atoms with Crippen LogP contribution < -0.4 is 33.7 Å². The van der Waals surface area contributed by atoms with Gasteiger partial charge in [0.1, 0.15) is 29.3 Å². The van der Waals surface area contributed by atoms with E-state index in [9.17, 15) is 14.4 Å². The van der Waals surface area contributed by atoms with Crippen molar-refractivity contribution in [3.63, 3.8) is 0 Å². The van der Waals surface area contributed by atoms with E-state index in [1.807, 2.05) is 42.5 Å². The van der Waals surface area contributed by atoms with Crippen LogP contribution in [0, 0.1) is 17.8 Å². The molecule has 2 N–H and O–H groups in total. The number of piperidine rings is 1. The number of fused-ring (bicyclic) bond motifs is 3. The van der Waals surface area contributed by atoms with Crippen molar-refractivity contribution in [1.29, 1.82) is 0 Å². The van der Waals surface area contributed by atoms with Crippen LogP contribution in [0.25, 0.3) is 22.3 Å². The Morgan fingerprint density at radius 1 is 0.891 bits per heavy atom. The first kappa shape index (κ1) is 41.1. The minimum atomic E-state index is -1.00. The number of rotatable bonds is 13. The minimum Gasteiger partial charge on any atom is -0.493 e. The lowest BCUT2D eigenvalue weighted by Crippen LogP contribution is -2.56. The molecule has 5 aliphatic rings. The summed E-state index contributed by atoms with van der Waals surface area (Å²) in [5.41, 5.74) is 4.37. The summed E-state index contributed by atoms with van der Waals surface area (Å²) in [5, 5.41) is 9.59. The fraction of sp³-hybridized carbons (Fsp3) is 0.426. The van der Waals surface area contributed by atoms with Gasteiger partial charge in [-0.25, -0.2) is 19.8 Å². The van der Waals surface area contributed by atoms with Gasteiger partial charge in [-0.3, -0.25) is 14.6 Å². The zero-order valence-corrected chi connectivity index (χ0v) is 35.8. The Bertz CT molecular complexity index is 2590. The molecular weight excluding hydrogens is 821 g/mol. The van der Waals surface area contributed by atoms with Gasteiger partial charge in [-0.05, 0) is 86.9 Å². The van der Waals surface area contributed by atoms with Gasteiger partial charge < -0.3 is 43.6 Å². The smallest absolute Gasteiger partial charge is 0.413 e. The van der Waals surface area contributed by atoms with E-state index < -0.39 is 12.1 Å². The van der Waals surface area contributed by atoms with Crippen LogP contribution in [0.4, 0.5) is 4.79 Å². The van der Waals surface area contributed by atoms with Crippen molar-refractivity contribution in [2.75, 3.05) is 40.7 Å². The number of aromatic amines is 1. The van der Waals surface area contributed by atoms with E-state index in [1.165, 1.54) is 12.5 Å². The molecule has 10 rings (SSSR count). The molecule has 3 aliphatic heterocycles. The molecule has 2 aliphatic carbocycles. The molecule has 3 aromatic heterocycles. The molecule has 0 bridgehead atoms. The van der Waals surface area contributed by atoms with Crippen molar-refractivity contribution in [1.82, 2.24) is 35.2 Å². The molecule has 64 heavy (non-hydrogen) atoms. The molecule has 1 saturated heterocycles. The number of aromatic nitrogens is 4. The van der Waals surface area contributed by atoms with E-state index in [2.05, 4.69) is 25.3 Å². The predicted octanol–water partition coefficient (Wildman–Crippen LogP) is 6.30. The van der Waals surface area contributed by atoms with Crippen molar-refractivity contribution < 1.29 is 42.8 Å². The molecule has 2 aromatic carbocycles. The number of ether oxygens (including phenoxy) is 6. The standard InChI is InChI=1S/C47H50N8O9/c1-59-34-13-12-28(21-37(34)60-2)40-31-8-3-4-9-32(31)45(56)55(53-40)30-16-19-54(20-17-30)46(57)33(22-29-7-5-6-18-48-29)52-47(58)64-38-23-49-43-41(38)50-25-51-42(43)39-35(61-24-27-10-11-27)14-15-36-44(39)63-26-62-36/h5-7,12-15,18,21,23,25,27,30-33,49H,3-4,8-11,16-17,19-20,22,24,26H2,1-2H3,(H,52,58)/t31-,32+,33-/m0/s1. The van der Waals surface area contributed by atoms with Gasteiger partial charge in [0.25, 0.3) is 0 Å². The highest BCUT2D eigenvalue weighted by Gasteiger charge is 2.44. The van der Waals surface area contributed by atoms with Crippen molar-refractivity contribution in [3.05, 3.63) is 78.5 Å². The number of nitrogens with one attached hydrogen (secondary N) is 2. The van der Waals surface area contributed by atoms with E-state index in [4.69, 9.17) is 33.5 Å². The first-order valence-electron chi connectivity index (χ1n) is 22.1. The normalized spacial score (nSPS) is 20.0. The fourth-order valence-corrected chi connectivity index (χ4v) is 9.42. The highest BCUT2D eigenvalue weighted by atomic mass is 16.7. The van der Waals surface area contributed by atoms with Gasteiger partial charge in [-0.2, -0.15) is 5.10 Å². The number of carbonyl (C=O) groups is 3. The van der Waals surface area contributed by atoms with Gasteiger partial charge in [0.15, 0.2) is 28.7 Å². The van der Waals surface area contributed by atoms with Crippen LogP contribution in [0.15, 0.2) is 72.4 Å². The van der Waals surface area contributed by atoms with Crippen molar-refractivity contribution in [2.45, 2.75) is 69.9 Å². The van der Waals surface area contributed by atoms with Gasteiger partial charge in [-0.1, -0.05) is 18.9 Å². The van der Waals surface area contributed by atoms with Crippen LogP contribution in [0.2, 0.25) is 0 Å². The van der Waals surface area contributed by atoms with E-state index in [-0.39, 0.29) is 48.7 Å². The summed E-state index contributed by atoms with van der Waals surface area (Å²) >= 11 is 0. The van der Waals surface area contributed by atoms with Crippen LogP contribution in [-0.4, -0.2) is 106 Å². The topological polar surface area (TPSA) is 192 Å². The molecule has 17 nitrogen and oxygen atoms in total. The van der Waals surface area contributed by atoms with Crippen LogP contribution in [0.3, 0.4) is 0 Å². The maximum absolute atomic E-state index is 14.4. The number of likely N-dealkylation sites (tertiary alicyclic amines) is 1. The summed E-state index contributed by atoms with van der Waals surface area (Å²) < 4.78 is 34.8. The quantitative estimate of drug-likeness (QED) is 0.135. The average molecular weight is 871 g/mol. The third-order valence-corrected chi connectivity index (χ3v) is 12.9. The molecule has 3 fully saturated rings. The first-order chi connectivity index (χ1) is 31.4. The number of methoxy groups -OCH3 is 2. The molecular formula is C47H50N8O9. The molecule has 2 saturated carbocycles. The third kappa shape index (κ3) is 8.10. The van der Waals surface area contributed by atoms with Crippen molar-refractivity contribution in [3.8, 4) is 45.8 Å². The molecule has 3 amide bonds. The Kier molecular flexibility index (Phi) is 11.4. The molecule has 332 valence electrons. The largest absolute Gasteiger partial charge is 0.493 e. The first-order valence-corrected chi connectivity index (χ1v) is 22.1. The summed E-state index contributed by atoms with van der Waals surface area (Å²) in [6.45, 7) is 1.37. The van der Waals surface area contributed by atoms with E-state index >= 15 is 0 Å². The monoisotopic (exact) mass is 870 g/mol. The third-order valence-electron chi connectivity index (χ3n) is 12.9. The minimum absolute atomic E-state index is 0.0208. The lowest BCUT2D eigenvalue weighted by molar-refractivity contribution is -0.143. The number of hydrogen-bond acceptors (Lipinski definition) is 13. The summed E-state index contributed by atoms with van der Waals surface area (Å²) in [6, 6.07) is 13.7. The van der Waals surface area contributed by atoms with Crippen LogP contribution >= 0.6 is 0 Å².